The summed E-state index contributed by atoms with van der Waals surface area (Å²) in [7, 11) is 1.37. The van der Waals surface area contributed by atoms with Gasteiger partial charge in [-0.3, -0.25) is 4.79 Å². The molecule has 0 amide bonds. The molecule has 2 N–H and O–H groups in total. The maximum absolute atomic E-state index is 11.3. The number of hydrogen-bond acceptors (Lipinski definition) is 3. The zero-order chi connectivity index (χ0) is 12.3. The SMILES string of the molecule is COC(=O)C(N)Cc1ccc2c(c1)CCCC2. The van der Waals surface area contributed by atoms with Gasteiger partial charge in [0.05, 0.1) is 7.11 Å². The number of carbonyl (C=O) groups excluding carboxylic acids is 1. The van der Waals surface area contributed by atoms with Gasteiger partial charge in [-0.05, 0) is 48.8 Å². The number of ether oxygens (including phenoxy) is 1. The molecule has 92 valence electrons. The number of aryl methyl sites for hydroxylation is 2. The van der Waals surface area contributed by atoms with Crippen molar-refractivity contribution in [1.82, 2.24) is 0 Å². The van der Waals surface area contributed by atoms with Crippen LogP contribution in [0.3, 0.4) is 0 Å². The predicted molar refractivity (Wildman–Crippen MR) is 66.8 cm³/mol. The Morgan fingerprint density at radius 3 is 2.76 bits per heavy atom. The maximum atomic E-state index is 11.3. The molecule has 0 bridgehead atoms. The number of benzene rings is 1. The summed E-state index contributed by atoms with van der Waals surface area (Å²) in [6.07, 6.45) is 5.43. The predicted octanol–water partition coefficient (Wildman–Crippen LogP) is 1.61. The van der Waals surface area contributed by atoms with Crippen molar-refractivity contribution in [3.63, 3.8) is 0 Å². The van der Waals surface area contributed by atoms with Gasteiger partial charge in [0.2, 0.25) is 0 Å². The molecule has 1 aromatic carbocycles. The van der Waals surface area contributed by atoms with E-state index >= 15 is 0 Å². The van der Waals surface area contributed by atoms with Crippen molar-refractivity contribution in [3.8, 4) is 0 Å². The first-order valence-electron chi connectivity index (χ1n) is 6.15. The zero-order valence-electron chi connectivity index (χ0n) is 10.2. The Bertz CT molecular complexity index is 415. The van der Waals surface area contributed by atoms with Crippen molar-refractivity contribution in [2.24, 2.45) is 5.73 Å². The van der Waals surface area contributed by atoms with Gasteiger partial charge >= 0.3 is 5.97 Å². The summed E-state index contributed by atoms with van der Waals surface area (Å²) in [5.41, 5.74) is 9.76. The molecule has 2 rings (SSSR count). The van der Waals surface area contributed by atoms with Gasteiger partial charge in [-0.15, -0.1) is 0 Å². The third-order valence-electron chi connectivity index (χ3n) is 3.37. The minimum absolute atomic E-state index is 0.345. The molecule has 1 aliphatic rings. The molecule has 1 aliphatic carbocycles. The van der Waals surface area contributed by atoms with Gasteiger partial charge in [-0.2, -0.15) is 0 Å². The van der Waals surface area contributed by atoms with Crippen LogP contribution in [0.25, 0.3) is 0 Å². The van der Waals surface area contributed by atoms with Crippen molar-refractivity contribution in [2.45, 2.75) is 38.1 Å². The summed E-state index contributed by atoms with van der Waals surface area (Å²) < 4.78 is 4.63. The second-order valence-electron chi connectivity index (χ2n) is 4.64. The van der Waals surface area contributed by atoms with E-state index in [0.717, 1.165) is 12.0 Å². The lowest BCUT2D eigenvalue weighted by atomic mass is 9.89. The van der Waals surface area contributed by atoms with E-state index in [1.54, 1.807) is 0 Å². The van der Waals surface area contributed by atoms with Gasteiger partial charge in [-0.25, -0.2) is 0 Å². The van der Waals surface area contributed by atoms with E-state index < -0.39 is 6.04 Å². The van der Waals surface area contributed by atoms with Gasteiger partial charge in [-0.1, -0.05) is 18.2 Å². The van der Waals surface area contributed by atoms with Gasteiger partial charge in [0.1, 0.15) is 6.04 Å². The minimum atomic E-state index is -0.554. The molecule has 1 unspecified atom stereocenters. The number of hydrogen-bond donors (Lipinski definition) is 1. The molecule has 0 spiro atoms. The summed E-state index contributed by atoms with van der Waals surface area (Å²) in [4.78, 5) is 11.3. The Kier molecular flexibility index (Phi) is 3.79. The number of methoxy groups -OCH3 is 1. The van der Waals surface area contributed by atoms with Crippen LogP contribution in [0.15, 0.2) is 18.2 Å². The molecular weight excluding hydrogens is 214 g/mol. The van der Waals surface area contributed by atoms with Crippen LogP contribution in [0.1, 0.15) is 29.5 Å². The van der Waals surface area contributed by atoms with Gasteiger partial charge < -0.3 is 10.5 Å². The maximum Gasteiger partial charge on any atom is 0.322 e. The molecule has 0 fully saturated rings. The molecule has 3 heteroatoms. The molecule has 0 heterocycles. The molecule has 0 saturated heterocycles. The average Bonchev–Trinajstić information content (AvgIpc) is 2.37. The van der Waals surface area contributed by atoms with Crippen LogP contribution in [-0.2, 0) is 28.8 Å². The Morgan fingerprint density at radius 1 is 1.35 bits per heavy atom. The fourth-order valence-corrected chi connectivity index (χ4v) is 2.40. The molecule has 3 nitrogen and oxygen atoms in total. The minimum Gasteiger partial charge on any atom is -0.468 e. The summed E-state index contributed by atoms with van der Waals surface area (Å²) >= 11 is 0. The highest BCUT2D eigenvalue weighted by atomic mass is 16.5. The van der Waals surface area contributed by atoms with Crippen molar-refractivity contribution in [2.75, 3.05) is 7.11 Å². The third-order valence-corrected chi connectivity index (χ3v) is 3.37. The number of fused-ring (bicyclic) bond motifs is 1. The van der Waals surface area contributed by atoms with Crippen LogP contribution < -0.4 is 5.73 Å². The van der Waals surface area contributed by atoms with Gasteiger partial charge in [0, 0.05) is 0 Å². The summed E-state index contributed by atoms with van der Waals surface area (Å²) in [6.45, 7) is 0. The molecular formula is C14H19NO2. The van der Waals surface area contributed by atoms with Gasteiger partial charge in [0.15, 0.2) is 0 Å². The number of carbonyl (C=O) groups is 1. The second kappa shape index (κ2) is 5.32. The fraction of sp³-hybridized carbons (Fsp3) is 0.500. The first kappa shape index (κ1) is 12.1. The Labute approximate surface area is 102 Å². The van der Waals surface area contributed by atoms with Crippen molar-refractivity contribution in [3.05, 3.63) is 34.9 Å². The number of esters is 1. The highest BCUT2D eigenvalue weighted by molar-refractivity contribution is 5.75. The summed E-state index contributed by atoms with van der Waals surface area (Å²) in [6, 6.07) is 5.89. The van der Waals surface area contributed by atoms with Crippen LogP contribution >= 0.6 is 0 Å². The molecule has 17 heavy (non-hydrogen) atoms. The van der Waals surface area contributed by atoms with Crippen LogP contribution in [0.4, 0.5) is 0 Å². The Balaban J connectivity index is 2.09. The molecule has 0 saturated carbocycles. The van der Waals surface area contributed by atoms with E-state index in [0.29, 0.717) is 6.42 Å². The van der Waals surface area contributed by atoms with E-state index in [4.69, 9.17) is 5.73 Å². The highest BCUT2D eigenvalue weighted by Gasteiger charge is 2.15. The van der Waals surface area contributed by atoms with E-state index in [9.17, 15) is 4.79 Å². The summed E-state index contributed by atoms with van der Waals surface area (Å²) in [5, 5.41) is 0. The van der Waals surface area contributed by atoms with Crippen LogP contribution in [0.2, 0.25) is 0 Å². The highest BCUT2D eigenvalue weighted by Crippen LogP contribution is 2.22. The lowest BCUT2D eigenvalue weighted by Crippen LogP contribution is -2.33. The Morgan fingerprint density at radius 2 is 2.06 bits per heavy atom. The first-order chi connectivity index (χ1) is 8.20. The van der Waals surface area contributed by atoms with Crippen LogP contribution in [0.5, 0.6) is 0 Å². The summed E-state index contributed by atoms with van der Waals surface area (Å²) in [5.74, 6) is -0.345. The second-order valence-corrected chi connectivity index (χ2v) is 4.64. The average molecular weight is 233 g/mol. The number of rotatable bonds is 3. The van der Waals surface area contributed by atoms with Crippen molar-refractivity contribution < 1.29 is 9.53 Å². The molecule has 1 aromatic rings. The van der Waals surface area contributed by atoms with Crippen molar-refractivity contribution in [1.29, 1.82) is 0 Å². The van der Waals surface area contributed by atoms with E-state index in [-0.39, 0.29) is 5.97 Å². The van der Waals surface area contributed by atoms with E-state index in [1.165, 1.54) is 37.5 Å². The largest absolute Gasteiger partial charge is 0.468 e. The standard InChI is InChI=1S/C14H19NO2/c1-17-14(16)13(15)9-10-6-7-11-4-2-3-5-12(11)8-10/h6-8,13H,2-5,9,15H2,1H3. The third kappa shape index (κ3) is 2.86. The molecule has 1 atom stereocenters. The van der Waals surface area contributed by atoms with E-state index in [2.05, 4.69) is 22.9 Å². The first-order valence-corrected chi connectivity index (χ1v) is 6.15. The molecule has 0 radical (unpaired) electrons. The topological polar surface area (TPSA) is 52.3 Å². The zero-order valence-corrected chi connectivity index (χ0v) is 10.2. The normalized spacial score (nSPS) is 16.1. The smallest absolute Gasteiger partial charge is 0.322 e. The lowest BCUT2D eigenvalue weighted by molar-refractivity contribution is -0.142. The monoisotopic (exact) mass is 233 g/mol. The van der Waals surface area contributed by atoms with E-state index in [1.807, 2.05) is 0 Å². The van der Waals surface area contributed by atoms with Gasteiger partial charge in [0.25, 0.3) is 0 Å². The quantitative estimate of drug-likeness (QED) is 0.807. The lowest BCUT2D eigenvalue weighted by Gasteiger charge is -2.17. The number of nitrogens with two attached hydrogens (primary N) is 1. The molecule has 0 aliphatic heterocycles. The van der Waals surface area contributed by atoms with Crippen LogP contribution in [-0.4, -0.2) is 19.1 Å². The Hall–Kier alpha value is -1.35. The van der Waals surface area contributed by atoms with Crippen molar-refractivity contribution >= 4 is 5.97 Å². The molecule has 0 aromatic heterocycles. The van der Waals surface area contributed by atoms with Crippen LogP contribution in [0, 0.1) is 0 Å². The fourth-order valence-electron chi connectivity index (χ4n) is 2.40.